The Morgan fingerprint density at radius 1 is 1.06 bits per heavy atom. The maximum atomic E-state index is 10.2. The van der Waals surface area contributed by atoms with E-state index in [-0.39, 0.29) is 0 Å². The van der Waals surface area contributed by atoms with Crippen LogP contribution in [0.5, 0.6) is 0 Å². The van der Waals surface area contributed by atoms with Crippen molar-refractivity contribution in [3.63, 3.8) is 0 Å². The molecule has 1 atom stereocenters. The van der Waals surface area contributed by atoms with Gasteiger partial charge in [0.05, 0.1) is 11.8 Å². The Bertz CT molecular complexity index is 536. The first-order chi connectivity index (χ1) is 8.86. The summed E-state index contributed by atoms with van der Waals surface area (Å²) in [5.41, 5.74) is 4.55. The van der Waals surface area contributed by atoms with E-state index in [4.69, 9.17) is 0 Å². The fourth-order valence-corrected chi connectivity index (χ4v) is 2.72. The van der Waals surface area contributed by atoms with Crippen molar-refractivity contribution >= 4 is 0 Å². The smallest absolute Gasteiger partial charge is 0.0962 e. The van der Waals surface area contributed by atoms with Gasteiger partial charge in [-0.1, -0.05) is 36.8 Å². The Morgan fingerprint density at radius 2 is 1.89 bits per heavy atom. The van der Waals surface area contributed by atoms with Gasteiger partial charge in [-0.05, 0) is 42.0 Å². The van der Waals surface area contributed by atoms with Crippen LogP contribution in [0.2, 0.25) is 0 Å². The molecule has 2 aromatic rings. The number of rotatable bonds is 1. The zero-order valence-corrected chi connectivity index (χ0v) is 10.3. The SMILES string of the molecule is OC1CCCCc2c(-c3ccccc3)ccnc21. The molecule has 1 aromatic carbocycles. The van der Waals surface area contributed by atoms with Gasteiger partial charge in [-0.3, -0.25) is 4.98 Å². The zero-order chi connectivity index (χ0) is 12.4. The molecule has 2 nitrogen and oxygen atoms in total. The number of pyridine rings is 1. The Balaban J connectivity index is 2.14. The van der Waals surface area contributed by atoms with E-state index < -0.39 is 6.10 Å². The van der Waals surface area contributed by atoms with Gasteiger partial charge in [-0.15, -0.1) is 0 Å². The lowest BCUT2D eigenvalue weighted by atomic mass is 9.96. The summed E-state index contributed by atoms with van der Waals surface area (Å²) in [5.74, 6) is 0. The molecule has 0 aliphatic heterocycles. The van der Waals surface area contributed by atoms with Crippen LogP contribution in [0.25, 0.3) is 11.1 Å². The van der Waals surface area contributed by atoms with Crippen LogP contribution in [0.15, 0.2) is 42.6 Å². The van der Waals surface area contributed by atoms with E-state index in [0.29, 0.717) is 0 Å². The first-order valence-electron chi connectivity index (χ1n) is 6.57. The summed E-state index contributed by atoms with van der Waals surface area (Å²) in [4.78, 5) is 4.40. The van der Waals surface area contributed by atoms with Crippen molar-refractivity contribution < 1.29 is 5.11 Å². The molecule has 1 aliphatic carbocycles. The average molecular weight is 239 g/mol. The summed E-state index contributed by atoms with van der Waals surface area (Å²) >= 11 is 0. The summed E-state index contributed by atoms with van der Waals surface area (Å²) in [6, 6.07) is 12.4. The third-order valence-electron chi connectivity index (χ3n) is 3.64. The van der Waals surface area contributed by atoms with Crippen LogP contribution < -0.4 is 0 Å². The van der Waals surface area contributed by atoms with Gasteiger partial charge in [-0.2, -0.15) is 0 Å². The van der Waals surface area contributed by atoms with Crippen molar-refractivity contribution in [2.45, 2.75) is 31.8 Å². The number of aliphatic hydroxyl groups is 1. The summed E-state index contributed by atoms with van der Waals surface area (Å²) < 4.78 is 0. The fourth-order valence-electron chi connectivity index (χ4n) is 2.72. The molecule has 1 aromatic heterocycles. The second kappa shape index (κ2) is 4.91. The van der Waals surface area contributed by atoms with E-state index >= 15 is 0 Å². The molecule has 0 bridgehead atoms. The third-order valence-corrected chi connectivity index (χ3v) is 3.64. The number of benzene rings is 1. The molecular weight excluding hydrogens is 222 g/mol. The minimum atomic E-state index is -0.397. The van der Waals surface area contributed by atoms with Crippen molar-refractivity contribution in [1.29, 1.82) is 0 Å². The normalized spacial score (nSPS) is 19.1. The molecule has 0 radical (unpaired) electrons. The molecule has 1 unspecified atom stereocenters. The molecule has 92 valence electrons. The molecule has 0 saturated carbocycles. The molecular formula is C16H17NO. The molecule has 1 heterocycles. The van der Waals surface area contributed by atoms with Gasteiger partial charge in [0.25, 0.3) is 0 Å². The fraction of sp³-hybridized carbons (Fsp3) is 0.312. The van der Waals surface area contributed by atoms with Crippen molar-refractivity contribution in [3.8, 4) is 11.1 Å². The quantitative estimate of drug-likeness (QED) is 0.772. The van der Waals surface area contributed by atoms with Crippen molar-refractivity contribution in [3.05, 3.63) is 53.9 Å². The predicted octanol–water partition coefficient (Wildman–Crippen LogP) is 3.51. The van der Waals surface area contributed by atoms with E-state index in [1.807, 2.05) is 12.3 Å². The van der Waals surface area contributed by atoms with Gasteiger partial charge < -0.3 is 5.11 Å². The van der Waals surface area contributed by atoms with Gasteiger partial charge >= 0.3 is 0 Å². The molecule has 1 N–H and O–H groups in total. The second-order valence-corrected chi connectivity index (χ2v) is 4.85. The number of hydrogen-bond acceptors (Lipinski definition) is 2. The number of fused-ring (bicyclic) bond motifs is 1. The molecule has 3 rings (SSSR count). The standard InChI is InChI=1S/C16H17NO/c18-15-9-5-4-8-14-13(10-11-17-16(14)15)12-6-2-1-3-7-12/h1-3,6-7,10-11,15,18H,4-5,8-9H2. The molecule has 1 aliphatic rings. The number of aromatic nitrogens is 1. The molecule has 2 heteroatoms. The highest BCUT2D eigenvalue weighted by Crippen LogP contribution is 2.33. The van der Waals surface area contributed by atoms with Crippen LogP contribution in [0.4, 0.5) is 0 Å². The van der Waals surface area contributed by atoms with E-state index in [1.54, 1.807) is 0 Å². The van der Waals surface area contributed by atoms with E-state index in [1.165, 1.54) is 16.7 Å². The monoisotopic (exact) mass is 239 g/mol. The van der Waals surface area contributed by atoms with Crippen LogP contribution in [0.1, 0.15) is 36.6 Å². The molecule has 0 spiro atoms. The van der Waals surface area contributed by atoms with Crippen LogP contribution in [0.3, 0.4) is 0 Å². The third kappa shape index (κ3) is 2.04. The van der Waals surface area contributed by atoms with Crippen LogP contribution >= 0.6 is 0 Å². The average Bonchev–Trinajstić information content (AvgIpc) is 2.62. The summed E-state index contributed by atoms with van der Waals surface area (Å²) in [6.45, 7) is 0. The largest absolute Gasteiger partial charge is 0.387 e. The summed E-state index contributed by atoms with van der Waals surface area (Å²) in [7, 11) is 0. The Kier molecular flexibility index (Phi) is 3.11. The lowest BCUT2D eigenvalue weighted by molar-refractivity contribution is 0.162. The van der Waals surface area contributed by atoms with Crippen LogP contribution in [-0.2, 0) is 6.42 Å². The van der Waals surface area contributed by atoms with E-state index in [2.05, 4.69) is 35.3 Å². The molecule has 0 amide bonds. The minimum Gasteiger partial charge on any atom is -0.387 e. The van der Waals surface area contributed by atoms with Gasteiger partial charge in [0.2, 0.25) is 0 Å². The lowest BCUT2D eigenvalue weighted by Gasteiger charge is -2.14. The second-order valence-electron chi connectivity index (χ2n) is 4.85. The Morgan fingerprint density at radius 3 is 2.72 bits per heavy atom. The van der Waals surface area contributed by atoms with Gasteiger partial charge in [0.1, 0.15) is 0 Å². The number of aliphatic hydroxyl groups excluding tert-OH is 1. The van der Waals surface area contributed by atoms with Gasteiger partial charge in [0, 0.05) is 6.20 Å². The van der Waals surface area contributed by atoms with Crippen LogP contribution in [0, 0.1) is 0 Å². The van der Waals surface area contributed by atoms with E-state index in [0.717, 1.165) is 31.4 Å². The maximum absolute atomic E-state index is 10.2. The van der Waals surface area contributed by atoms with Gasteiger partial charge in [0.15, 0.2) is 0 Å². The van der Waals surface area contributed by atoms with Crippen molar-refractivity contribution in [1.82, 2.24) is 4.98 Å². The van der Waals surface area contributed by atoms with Crippen molar-refractivity contribution in [2.24, 2.45) is 0 Å². The maximum Gasteiger partial charge on any atom is 0.0962 e. The molecule has 18 heavy (non-hydrogen) atoms. The lowest BCUT2D eigenvalue weighted by Crippen LogP contribution is -2.03. The molecule has 0 fully saturated rings. The highest BCUT2D eigenvalue weighted by Gasteiger charge is 2.20. The topological polar surface area (TPSA) is 33.1 Å². The first-order valence-corrected chi connectivity index (χ1v) is 6.57. The zero-order valence-electron chi connectivity index (χ0n) is 10.3. The molecule has 0 saturated heterocycles. The number of nitrogens with zero attached hydrogens (tertiary/aromatic N) is 1. The highest BCUT2D eigenvalue weighted by atomic mass is 16.3. The highest BCUT2D eigenvalue weighted by molar-refractivity contribution is 5.68. The minimum absolute atomic E-state index is 0.397. The Labute approximate surface area is 107 Å². The first kappa shape index (κ1) is 11.4. The van der Waals surface area contributed by atoms with Crippen molar-refractivity contribution in [2.75, 3.05) is 0 Å². The van der Waals surface area contributed by atoms with Crippen LogP contribution in [-0.4, -0.2) is 10.1 Å². The Hall–Kier alpha value is -1.67. The van der Waals surface area contributed by atoms with E-state index in [9.17, 15) is 5.11 Å². The predicted molar refractivity (Wildman–Crippen MR) is 72.2 cm³/mol. The summed E-state index contributed by atoms with van der Waals surface area (Å²) in [6.07, 6.45) is 5.48. The van der Waals surface area contributed by atoms with Gasteiger partial charge in [-0.25, -0.2) is 0 Å². The summed E-state index contributed by atoms with van der Waals surface area (Å²) in [5, 5.41) is 10.2. The number of hydrogen-bond donors (Lipinski definition) is 1.